The number of carbonyl (C=O) groups is 3. The Bertz CT molecular complexity index is 563. The maximum atomic E-state index is 13.2. The maximum absolute atomic E-state index is 13.2. The molecule has 0 saturated heterocycles. The number of carboxylic acid groups (broad SMARTS) is 2. The molecule has 0 aliphatic heterocycles. The zero-order valence-corrected chi connectivity index (χ0v) is 10.9. The van der Waals surface area contributed by atoms with Gasteiger partial charge in [0.2, 0.25) is 0 Å². The van der Waals surface area contributed by atoms with Crippen LogP contribution in [-0.4, -0.2) is 41.3 Å². The smallest absolute Gasteiger partial charge is 0.326 e. The van der Waals surface area contributed by atoms with Gasteiger partial charge in [-0.2, -0.15) is 0 Å². The maximum Gasteiger partial charge on any atom is 0.326 e. The van der Waals surface area contributed by atoms with Crippen molar-refractivity contribution in [2.75, 3.05) is 12.4 Å². The Balaban J connectivity index is 2.72. The molecule has 0 saturated carbocycles. The van der Waals surface area contributed by atoms with E-state index in [9.17, 15) is 18.8 Å². The van der Waals surface area contributed by atoms with Crippen molar-refractivity contribution >= 4 is 23.7 Å². The molecule has 0 spiro atoms. The van der Waals surface area contributed by atoms with Gasteiger partial charge in [-0.1, -0.05) is 0 Å². The summed E-state index contributed by atoms with van der Waals surface area (Å²) in [5, 5.41) is 21.6. The number of methoxy groups -OCH3 is 1. The number of hydrogen-bond donors (Lipinski definition) is 4. The lowest BCUT2D eigenvalue weighted by Gasteiger charge is -2.13. The minimum absolute atomic E-state index is 0.104. The summed E-state index contributed by atoms with van der Waals surface area (Å²) in [6.07, 6.45) is -0.768. The minimum atomic E-state index is -1.58. The number of urea groups is 1. The zero-order chi connectivity index (χ0) is 16.0. The normalized spacial score (nSPS) is 11.3. The lowest BCUT2D eigenvalue weighted by Crippen LogP contribution is -2.44. The molecule has 0 aromatic heterocycles. The van der Waals surface area contributed by atoms with Crippen LogP contribution >= 0.6 is 0 Å². The van der Waals surface area contributed by atoms with Crippen molar-refractivity contribution in [3.63, 3.8) is 0 Å². The lowest BCUT2D eigenvalue weighted by molar-refractivity contribution is -0.145. The fourth-order valence-electron chi connectivity index (χ4n) is 1.44. The average molecular weight is 300 g/mol. The Morgan fingerprint density at radius 3 is 2.52 bits per heavy atom. The summed E-state index contributed by atoms with van der Waals surface area (Å²) in [7, 11) is 1.25. The van der Waals surface area contributed by atoms with Crippen LogP contribution in [-0.2, 0) is 9.59 Å². The van der Waals surface area contributed by atoms with E-state index in [0.717, 1.165) is 6.07 Å². The second-order valence-electron chi connectivity index (χ2n) is 3.94. The summed E-state index contributed by atoms with van der Waals surface area (Å²) in [6.45, 7) is 0. The molecular formula is C12H13FN2O6. The number of nitrogens with one attached hydrogen (secondary N) is 2. The molecule has 4 N–H and O–H groups in total. The van der Waals surface area contributed by atoms with Crippen molar-refractivity contribution in [1.82, 2.24) is 5.32 Å². The van der Waals surface area contributed by atoms with Crippen molar-refractivity contribution in [1.29, 1.82) is 0 Å². The van der Waals surface area contributed by atoms with Crippen molar-refractivity contribution in [3.8, 4) is 5.75 Å². The van der Waals surface area contributed by atoms with Gasteiger partial charge in [-0.25, -0.2) is 14.0 Å². The van der Waals surface area contributed by atoms with E-state index >= 15 is 0 Å². The van der Waals surface area contributed by atoms with Crippen LogP contribution in [0.1, 0.15) is 6.42 Å². The first-order chi connectivity index (χ1) is 9.83. The lowest BCUT2D eigenvalue weighted by atomic mass is 10.2. The van der Waals surface area contributed by atoms with Crippen LogP contribution in [0.15, 0.2) is 18.2 Å². The first kappa shape index (κ1) is 16.2. The number of halogens is 1. The summed E-state index contributed by atoms with van der Waals surface area (Å²) in [6, 6.07) is 0.981. The molecule has 1 rings (SSSR count). The third-order valence-corrected chi connectivity index (χ3v) is 2.39. The summed E-state index contributed by atoms with van der Waals surface area (Å²) < 4.78 is 17.9. The number of amides is 2. The molecule has 0 fully saturated rings. The van der Waals surface area contributed by atoms with E-state index in [1.54, 1.807) is 0 Å². The minimum Gasteiger partial charge on any atom is -0.494 e. The molecule has 0 bridgehead atoms. The van der Waals surface area contributed by atoms with Gasteiger partial charge in [0.1, 0.15) is 6.04 Å². The number of carbonyl (C=O) groups excluding carboxylic acids is 1. The molecule has 1 atom stereocenters. The van der Waals surface area contributed by atoms with Crippen LogP contribution < -0.4 is 15.4 Å². The highest BCUT2D eigenvalue weighted by Crippen LogP contribution is 2.21. The topological polar surface area (TPSA) is 125 Å². The Hall–Kier alpha value is -2.84. The van der Waals surface area contributed by atoms with Gasteiger partial charge in [-0.15, -0.1) is 0 Å². The third-order valence-electron chi connectivity index (χ3n) is 2.39. The van der Waals surface area contributed by atoms with E-state index in [1.165, 1.54) is 19.2 Å². The zero-order valence-electron chi connectivity index (χ0n) is 10.9. The quantitative estimate of drug-likeness (QED) is 0.618. The van der Waals surface area contributed by atoms with Gasteiger partial charge < -0.3 is 25.6 Å². The van der Waals surface area contributed by atoms with Crippen LogP contribution in [0, 0.1) is 5.82 Å². The highest BCUT2D eigenvalue weighted by molar-refractivity contribution is 5.93. The van der Waals surface area contributed by atoms with Gasteiger partial charge in [0.15, 0.2) is 11.6 Å². The Morgan fingerprint density at radius 2 is 2.00 bits per heavy atom. The average Bonchev–Trinajstić information content (AvgIpc) is 2.39. The Morgan fingerprint density at radius 1 is 1.33 bits per heavy atom. The molecule has 0 aliphatic carbocycles. The Kier molecular flexibility index (Phi) is 5.47. The van der Waals surface area contributed by atoms with Crippen LogP contribution in [0.25, 0.3) is 0 Å². The van der Waals surface area contributed by atoms with Gasteiger partial charge >= 0.3 is 18.0 Å². The summed E-state index contributed by atoms with van der Waals surface area (Å²) in [4.78, 5) is 32.9. The molecule has 114 valence electrons. The van der Waals surface area contributed by atoms with Gasteiger partial charge in [0.05, 0.1) is 13.5 Å². The van der Waals surface area contributed by atoms with Crippen molar-refractivity contribution in [2.24, 2.45) is 0 Å². The number of rotatable bonds is 6. The molecule has 0 unspecified atom stereocenters. The molecule has 0 radical (unpaired) electrons. The second kappa shape index (κ2) is 7.08. The van der Waals surface area contributed by atoms with Crippen LogP contribution in [0.5, 0.6) is 5.75 Å². The van der Waals surface area contributed by atoms with E-state index in [4.69, 9.17) is 14.9 Å². The molecule has 2 amide bonds. The van der Waals surface area contributed by atoms with Gasteiger partial charge in [0.25, 0.3) is 0 Å². The van der Waals surface area contributed by atoms with Crippen molar-refractivity contribution in [3.05, 3.63) is 24.0 Å². The van der Waals surface area contributed by atoms with Crippen LogP contribution in [0.4, 0.5) is 14.9 Å². The van der Waals surface area contributed by atoms with E-state index < -0.39 is 36.2 Å². The number of aliphatic carboxylic acids is 2. The number of carboxylic acids is 2. The van der Waals surface area contributed by atoms with Gasteiger partial charge in [-0.05, 0) is 12.1 Å². The van der Waals surface area contributed by atoms with Crippen molar-refractivity contribution < 1.29 is 33.7 Å². The molecule has 9 heteroatoms. The van der Waals surface area contributed by atoms with Crippen molar-refractivity contribution in [2.45, 2.75) is 12.5 Å². The summed E-state index contributed by atoms with van der Waals surface area (Å²) in [5.74, 6) is -3.58. The highest BCUT2D eigenvalue weighted by atomic mass is 19.1. The third kappa shape index (κ3) is 4.97. The largest absolute Gasteiger partial charge is 0.494 e. The first-order valence-electron chi connectivity index (χ1n) is 5.69. The monoisotopic (exact) mass is 300 g/mol. The molecular weight excluding hydrogens is 287 g/mol. The van der Waals surface area contributed by atoms with E-state index in [-0.39, 0.29) is 11.4 Å². The van der Waals surface area contributed by atoms with Gasteiger partial charge in [0, 0.05) is 11.8 Å². The van der Waals surface area contributed by atoms with E-state index in [0.29, 0.717) is 0 Å². The molecule has 0 heterocycles. The van der Waals surface area contributed by atoms with E-state index in [2.05, 4.69) is 5.32 Å². The second-order valence-corrected chi connectivity index (χ2v) is 3.94. The molecule has 21 heavy (non-hydrogen) atoms. The SMILES string of the molecule is COc1cc(NC(=O)N[C@H](CC(=O)O)C(=O)O)ccc1F. The fourth-order valence-corrected chi connectivity index (χ4v) is 1.44. The molecule has 1 aromatic carbocycles. The van der Waals surface area contributed by atoms with Gasteiger partial charge in [-0.3, -0.25) is 4.79 Å². The molecule has 8 nitrogen and oxygen atoms in total. The van der Waals surface area contributed by atoms with Crippen LogP contribution in [0.2, 0.25) is 0 Å². The van der Waals surface area contributed by atoms with E-state index in [1.807, 2.05) is 5.32 Å². The predicted octanol–water partition coefficient (Wildman–Crippen LogP) is 0.884. The number of anilines is 1. The van der Waals surface area contributed by atoms with Crippen LogP contribution in [0.3, 0.4) is 0 Å². The standard InChI is InChI=1S/C12H13FN2O6/c1-21-9-4-6(2-3-7(9)13)14-12(20)15-8(11(18)19)5-10(16)17/h2-4,8H,5H2,1H3,(H,16,17)(H,18,19)(H2,14,15,20)/t8-/m1/s1. The number of benzene rings is 1. The predicted molar refractivity (Wildman–Crippen MR) is 68.8 cm³/mol. The highest BCUT2D eigenvalue weighted by Gasteiger charge is 2.23. The number of ether oxygens (including phenoxy) is 1. The fraction of sp³-hybridized carbons (Fsp3) is 0.250. The molecule has 1 aromatic rings. The summed E-state index contributed by atoms with van der Waals surface area (Å²) in [5.41, 5.74) is 0.158. The summed E-state index contributed by atoms with van der Waals surface area (Å²) >= 11 is 0. The first-order valence-corrected chi connectivity index (χ1v) is 5.69. The Labute approximate surface area is 118 Å². The molecule has 0 aliphatic rings. The number of hydrogen-bond acceptors (Lipinski definition) is 4.